The Morgan fingerprint density at radius 2 is 2.05 bits per heavy atom. The van der Waals surface area contributed by atoms with E-state index in [0.717, 1.165) is 6.42 Å². The molecule has 2 atom stereocenters. The number of likely N-dealkylation sites (tertiary alicyclic amines) is 1. The molecule has 0 aromatic heterocycles. The van der Waals surface area contributed by atoms with Crippen LogP contribution < -0.4 is 10.5 Å². The summed E-state index contributed by atoms with van der Waals surface area (Å²) in [6.07, 6.45) is 0.768. The van der Waals surface area contributed by atoms with E-state index in [9.17, 15) is 13.2 Å². The third kappa shape index (κ3) is 3.78. The molecule has 1 aliphatic heterocycles. The van der Waals surface area contributed by atoms with Gasteiger partial charge in [0.15, 0.2) is 9.84 Å². The van der Waals surface area contributed by atoms with Gasteiger partial charge in [0, 0.05) is 25.0 Å². The molecule has 1 amide bonds. The van der Waals surface area contributed by atoms with Crippen LogP contribution in [0.25, 0.3) is 0 Å². The van der Waals surface area contributed by atoms with Crippen molar-refractivity contribution in [2.24, 2.45) is 11.7 Å². The fourth-order valence-corrected chi connectivity index (χ4v) is 4.12. The third-order valence-corrected chi connectivity index (χ3v) is 5.78. The maximum absolute atomic E-state index is 12.4. The zero-order chi connectivity index (χ0) is 16.3. The van der Waals surface area contributed by atoms with Crippen LogP contribution in [0.2, 0.25) is 0 Å². The number of hydrogen-bond donors (Lipinski definition) is 1. The molecule has 0 saturated carbocycles. The predicted molar refractivity (Wildman–Crippen MR) is 83.4 cm³/mol. The van der Waals surface area contributed by atoms with E-state index in [1.54, 1.807) is 24.0 Å². The Morgan fingerprint density at radius 3 is 2.55 bits per heavy atom. The molecule has 1 aromatic carbocycles. The quantitative estimate of drug-likeness (QED) is 0.859. The zero-order valence-corrected chi connectivity index (χ0v) is 13.7. The number of carbonyl (C=O) groups is 1. The average Bonchev–Trinajstić information content (AvgIpc) is 2.92. The average molecular weight is 326 g/mol. The van der Waals surface area contributed by atoms with Gasteiger partial charge in [0.2, 0.25) is 5.91 Å². The van der Waals surface area contributed by atoms with Crippen molar-refractivity contribution in [3.05, 3.63) is 24.3 Å². The lowest BCUT2D eigenvalue weighted by molar-refractivity contribution is -0.133. The summed E-state index contributed by atoms with van der Waals surface area (Å²) < 4.78 is 29.8. The number of amides is 1. The highest BCUT2D eigenvalue weighted by atomic mass is 32.2. The Balaban J connectivity index is 2.05. The first kappa shape index (κ1) is 16.8. The zero-order valence-electron chi connectivity index (χ0n) is 12.9. The molecule has 1 fully saturated rings. The van der Waals surface area contributed by atoms with Gasteiger partial charge in [-0.25, -0.2) is 8.42 Å². The highest BCUT2D eigenvalue weighted by molar-refractivity contribution is 7.91. The van der Waals surface area contributed by atoms with E-state index in [1.165, 1.54) is 19.2 Å². The van der Waals surface area contributed by atoms with Crippen LogP contribution in [-0.2, 0) is 14.6 Å². The molecule has 22 heavy (non-hydrogen) atoms. The Labute approximate surface area is 131 Å². The van der Waals surface area contributed by atoms with Gasteiger partial charge in [0.25, 0.3) is 0 Å². The second-order valence-electron chi connectivity index (χ2n) is 5.69. The van der Waals surface area contributed by atoms with Crippen molar-refractivity contribution >= 4 is 15.7 Å². The third-order valence-electron chi connectivity index (χ3n) is 3.85. The van der Waals surface area contributed by atoms with Crippen molar-refractivity contribution in [2.75, 3.05) is 26.0 Å². The van der Waals surface area contributed by atoms with E-state index >= 15 is 0 Å². The molecule has 1 heterocycles. The number of ether oxygens (including phenoxy) is 1. The number of hydrogen-bond acceptors (Lipinski definition) is 5. The number of carbonyl (C=O) groups excluding carboxylic acids is 1. The second kappa shape index (κ2) is 6.66. The molecule has 122 valence electrons. The molecule has 1 saturated heterocycles. The predicted octanol–water partition coefficient (Wildman–Crippen LogP) is 0.665. The number of benzene rings is 1. The monoisotopic (exact) mass is 326 g/mol. The van der Waals surface area contributed by atoms with E-state index < -0.39 is 15.8 Å². The number of rotatable bonds is 5. The maximum atomic E-state index is 12.4. The first-order valence-corrected chi connectivity index (χ1v) is 8.90. The van der Waals surface area contributed by atoms with Crippen LogP contribution in [0.5, 0.6) is 5.75 Å². The SMILES string of the molecule is COc1ccc(S(=O)(=O)C[C@@H](C)C(=O)N2CC[C@@H](N)C2)cc1. The molecular weight excluding hydrogens is 304 g/mol. The number of methoxy groups -OCH3 is 1. The summed E-state index contributed by atoms with van der Waals surface area (Å²) in [7, 11) is -1.99. The minimum absolute atomic E-state index is 0.00524. The molecule has 7 heteroatoms. The van der Waals surface area contributed by atoms with Crippen molar-refractivity contribution in [1.82, 2.24) is 4.90 Å². The fraction of sp³-hybridized carbons (Fsp3) is 0.533. The molecule has 0 aliphatic carbocycles. The molecule has 0 unspecified atom stereocenters. The summed E-state index contributed by atoms with van der Waals surface area (Å²) in [5, 5.41) is 0. The number of nitrogens with zero attached hydrogens (tertiary/aromatic N) is 1. The second-order valence-corrected chi connectivity index (χ2v) is 7.73. The number of sulfone groups is 1. The molecule has 2 rings (SSSR count). The minimum atomic E-state index is -3.51. The van der Waals surface area contributed by atoms with Crippen LogP contribution in [0, 0.1) is 5.92 Å². The van der Waals surface area contributed by atoms with Crippen molar-refractivity contribution in [2.45, 2.75) is 24.3 Å². The normalized spacial score (nSPS) is 20.0. The fourth-order valence-electron chi connectivity index (χ4n) is 2.58. The molecule has 0 spiro atoms. The summed E-state index contributed by atoms with van der Waals surface area (Å²) in [4.78, 5) is 14.1. The van der Waals surface area contributed by atoms with E-state index in [0.29, 0.717) is 18.8 Å². The molecule has 0 bridgehead atoms. The van der Waals surface area contributed by atoms with Crippen molar-refractivity contribution in [3.8, 4) is 5.75 Å². The van der Waals surface area contributed by atoms with Gasteiger partial charge in [-0.15, -0.1) is 0 Å². The highest BCUT2D eigenvalue weighted by Gasteiger charge is 2.30. The van der Waals surface area contributed by atoms with Crippen molar-refractivity contribution in [1.29, 1.82) is 0 Å². The van der Waals surface area contributed by atoms with Gasteiger partial charge < -0.3 is 15.4 Å². The molecule has 6 nitrogen and oxygen atoms in total. The Bertz CT molecular complexity index is 627. The Morgan fingerprint density at radius 1 is 1.41 bits per heavy atom. The summed E-state index contributed by atoms with van der Waals surface area (Å²) in [6, 6.07) is 6.18. The first-order chi connectivity index (χ1) is 10.3. The van der Waals surface area contributed by atoms with Gasteiger partial charge in [-0.1, -0.05) is 6.92 Å². The number of nitrogens with two attached hydrogens (primary N) is 1. The van der Waals surface area contributed by atoms with Crippen LogP contribution in [0.3, 0.4) is 0 Å². The van der Waals surface area contributed by atoms with Crippen LogP contribution in [0.15, 0.2) is 29.2 Å². The molecule has 0 radical (unpaired) electrons. The lowest BCUT2D eigenvalue weighted by Gasteiger charge is -2.20. The maximum Gasteiger partial charge on any atom is 0.226 e. The van der Waals surface area contributed by atoms with Crippen LogP contribution in [0.4, 0.5) is 0 Å². The van der Waals surface area contributed by atoms with Gasteiger partial charge in [-0.3, -0.25) is 4.79 Å². The van der Waals surface area contributed by atoms with Crippen LogP contribution in [-0.4, -0.2) is 51.2 Å². The molecule has 1 aromatic rings. The van der Waals surface area contributed by atoms with Gasteiger partial charge in [-0.2, -0.15) is 0 Å². The highest BCUT2D eigenvalue weighted by Crippen LogP contribution is 2.20. The Hall–Kier alpha value is -1.60. The van der Waals surface area contributed by atoms with E-state index in [4.69, 9.17) is 10.5 Å². The van der Waals surface area contributed by atoms with Gasteiger partial charge in [0.1, 0.15) is 5.75 Å². The molecule has 1 aliphatic rings. The van der Waals surface area contributed by atoms with E-state index in [-0.39, 0.29) is 22.6 Å². The minimum Gasteiger partial charge on any atom is -0.497 e. The standard InChI is InChI=1S/C15H22N2O4S/c1-11(15(18)17-8-7-12(16)9-17)10-22(19,20)14-5-3-13(21-2)4-6-14/h3-6,11-12H,7-10,16H2,1-2H3/t11-,12-/m1/s1. The van der Waals surface area contributed by atoms with Gasteiger partial charge >= 0.3 is 0 Å². The van der Waals surface area contributed by atoms with Crippen molar-refractivity contribution < 1.29 is 17.9 Å². The summed E-state index contributed by atoms with van der Waals surface area (Å²) >= 11 is 0. The van der Waals surface area contributed by atoms with Crippen LogP contribution in [0.1, 0.15) is 13.3 Å². The van der Waals surface area contributed by atoms with E-state index in [1.807, 2.05) is 0 Å². The largest absolute Gasteiger partial charge is 0.497 e. The Kier molecular flexibility index (Phi) is 5.08. The lowest BCUT2D eigenvalue weighted by Crippen LogP contribution is -2.37. The van der Waals surface area contributed by atoms with Gasteiger partial charge in [-0.05, 0) is 30.7 Å². The summed E-state index contributed by atoms with van der Waals surface area (Å²) in [5.41, 5.74) is 5.78. The summed E-state index contributed by atoms with van der Waals surface area (Å²) in [6.45, 7) is 2.76. The summed E-state index contributed by atoms with van der Waals surface area (Å²) in [5.74, 6) is -0.347. The van der Waals surface area contributed by atoms with Gasteiger partial charge in [0.05, 0.1) is 17.8 Å². The lowest BCUT2D eigenvalue weighted by atomic mass is 10.2. The van der Waals surface area contributed by atoms with Crippen molar-refractivity contribution in [3.63, 3.8) is 0 Å². The first-order valence-electron chi connectivity index (χ1n) is 7.24. The van der Waals surface area contributed by atoms with Crippen LogP contribution >= 0.6 is 0 Å². The molecular formula is C15H22N2O4S. The van der Waals surface area contributed by atoms with E-state index in [2.05, 4.69) is 0 Å². The topological polar surface area (TPSA) is 89.7 Å². The smallest absolute Gasteiger partial charge is 0.226 e. The molecule has 2 N–H and O–H groups in total.